The van der Waals surface area contributed by atoms with E-state index >= 15 is 0 Å². The lowest BCUT2D eigenvalue weighted by molar-refractivity contribution is -0.163. The van der Waals surface area contributed by atoms with Crippen LogP contribution in [0.4, 0.5) is 0 Å². The molecule has 0 amide bonds. The molecule has 2 unspecified atom stereocenters. The third kappa shape index (κ3) is 5.80. The Morgan fingerprint density at radius 1 is 1.17 bits per heavy atom. The highest BCUT2D eigenvalue weighted by Crippen LogP contribution is 2.43. The number of ether oxygens (including phenoxy) is 2. The Balaban J connectivity index is 1.65. The van der Waals surface area contributed by atoms with Crippen molar-refractivity contribution in [2.75, 3.05) is 13.3 Å². The number of hydrogen-bond donors (Lipinski definition) is 0. The predicted molar refractivity (Wildman–Crippen MR) is 112 cm³/mol. The summed E-state index contributed by atoms with van der Waals surface area (Å²) < 4.78 is 11.0. The molecule has 30 heavy (non-hydrogen) atoms. The Hall–Kier alpha value is -2.44. The van der Waals surface area contributed by atoms with Crippen LogP contribution in [0.15, 0.2) is 29.5 Å². The highest BCUT2D eigenvalue weighted by Gasteiger charge is 2.46. The SMILES string of the molecule is CC(C)(C)OC(=O)[C@H]1CC[C@@H]2CC=CCC(C(=O)OCN3C=CN=CC3)CC(=O)C21. The number of ketones is 1. The molecule has 7 nitrogen and oxygen atoms in total. The van der Waals surface area contributed by atoms with E-state index in [4.69, 9.17) is 9.47 Å². The van der Waals surface area contributed by atoms with Crippen molar-refractivity contribution in [1.82, 2.24) is 4.90 Å². The number of carbonyl (C=O) groups is 3. The van der Waals surface area contributed by atoms with Crippen molar-refractivity contribution in [2.45, 2.75) is 58.5 Å². The van der Waals surface area contributed by atoms with Crippen LogP contribution < -0.4 is 0 Å². The van der Waals surface area contributed by atoms with Gasteiger partial charge in [0.2, 0.25) is 0 Å². The molecule has 0 bridgehead atoms. The smallest absolute Gasteiger partial charge is 0.311 e. The van der Waals surface area contributed by atoms with Crippen LogP contribution in [0.2, 0.25) is 0 Å². The van der Waals surface area contributed by atoms with Gasteiger partial charge in [0.1, 0.15) is 11.4 Å². The molecule has 1 heterocycles. The molecule has 0 aromatic heterocycles. The number of carbonyl (C=O) groups excluding carboxylic acids is 3. The predicted octanol–water partition coefficient (Wildman–Crippen LogP) is 3.25. The molecule has 164 valence electrons. The summed E-state index contributed by atoms with van der Waals surface area (Å²) in [4.78, 5) is 44.4. The van der Waals surface area contributed by atoms with Gasteiger partial charge in [0.05, 0.1) is 18.4 Å². The van der Waals surface area contributed by atoms with E-state index in [9.17, 15) is 14.4 Å². The Morgan fingerprint density at radius 3 is 2.63 bits per heavy atom. The van der Waals surface area contributed by atoms with Crippen molar-refractivity contribution in [2.24, 2.45) is 28.7 Å². The van der Waals surface area contributed by atoms with Gasteiger partial charge >= 0.3 is 11.9 Å². The van der Waals surface area contributed by atoms with Gasteiger partial charge < -0.3 is 14.4 Å². The van der Waals surface area contributed by atoms with E-state index in [-0.39, 0.29) is 42.7 Å². The maximum absolute atomic E-state index is 13.2. The van der Waals surface area contributed by atoms with Crippen LogP contribution in [-0.2, 0) is 23.9 Å². The fourth-order valence-corrected chi connectivity index (χ4v) is 4.41. The number of Topliss-reactive ketones (excluding diaryl/α,β-unsaturated/α-hetero) is 1. The topological polar surface area (TPSA) is 85.3 Å². The van der Waals surface area contributed by atoms with E-state index < -0.39 is 17.4 Å². The number of aliphatic imine (C=N–C) groups is 1. The maximum atomic E-state index is 13.2. The molecular formula is C23H32N2O5. The van der Waals surface area contributed by atoms with E-state index in [0.717, 1.165) is 12.8 Å². The van der Waals surface area contributed by atoms with Gasteiger partial charge in [0, 0.05) is 31.0 Å². The Morgan fingerprint density at radius 2 is 1.93 bits per heavy atom. The molecule has 1 fully saturated rings. The van der Waals surface area contributed by atoms with Crippen molar-refractivity contribution >= 4 is 23.9 Å². The first kappa shape index (κ1) is 22.2. The maximum Gasteiger partial charge on any atom is 0.311 e. The second-order valence-corrected chi connectivity index (χ2v) is 9.31. The fraction of sp³-hybridized carbons (Fsp3) is 0.652. The van der Waals surface area contributed by atoms with Crippen molar-refractivity contribution in [3.05, 3.63) is 24.6 Å². The summed E-state index contributed by atoms with van der Waals surface area (Å²) in [5, 5.41) is 0. The molecule has 1 saturated carbocycles. The molecule has 0 N–H and O–H groups in total. The first-order valence-electron chi connectivity index (χ1n) is 10.7. The Bertz CT molecular complexity index is 749. The minimum absolute atomic E-state index is 0.0241. The van der Waals surface area contributed by atoms with Crippen molar-refractivity contribution < 1.29 is 23.9 Å². The molecule has 0 radical (unpaired) electrons. The summed E-state index contributed by atoms with van der Waals surface area (Å²) in [6, 6.07) is 0. The third-order valence-corrected chi connectivity index (χ3v) is 5.84. The standard InChI is InChI=1S/C23H32N2O5/c1-23(2,3)30-22(28)18-9-8-16-6-4-5-7-17(14-19(26)20(16)18)21(27)29-15-25-12-10-24-11-13-25/h4-5,10-12,16-18,20H,6-9,13-15H2,1-3H3/t16-,17?,18-,20?/m0/s1. The number of esters is 2. The Labute approximate surface area is 178 Å². The number of nitrogens with zero attached hydrogens (tertiary/aromatic N) is 2. The summed E-state index contributed by atoms with van der Waals surface area (Å²) in [7, 11) is 0. The van der Waals surface area contributed by atoms with E-state index in [2.05, 4.69) is 4.99 Å². The van der Waals surface area contributed by atoms with Crippen LogP contribution >= 0.6 is 0 Å². The van der Waals surface area contributed by atoms with E-state index in [1.807, 2.05) is 37.8 Å². The second-order valence-electron chi connectivity index (χ2n) is 9.31. The quantitative estimate of drug-likeness (QED) is 0.517. The Kier molecular flexibility index (Phi) is 7.10. The first-order chi connectivity index (χ1) is 14.2. The molecule has 0 saturated heterocycles. The molecule has 1 aliphatic heterocycles. The molecule has 0 aromatic carbocycles. The van der Waals surface area contributed by atoms with Crippen molar-refractivity contribution in [3.63, 3.8) is 0 Å². The number of rotatable bonds is 4. The van der Waals surface area contributed by atoms with E-state index in [1.54, 1.807) is 18.6 Å². The highest BCUT2D eigenvalue weighted by atomic mass is 16.6. The minimum Gasteiger partial charge on any atom is -0.460 e. The van der Waals surface area contributed by atoms with Crippen LogP contribution in [0, 0.1) is 23.7 Å². The van der Waals surface area contributed by atoms with Gasteiger partial charge in [-0.2, -0.15) is 0 Å². The van der Waals surface area contributed by atoms with Gasteiger partial charge in [0.15, 0.2) is 6.73 Å². The lowest BCUT2D eigenvalue weighted by atomic mass is 9.81. The number of fused-ring (bicyclic) bond motifs is 1. The summed E-state index contributed by atoms with van der Waals surface area (Å²) >= 11 is 0. The lowest BCUT2D eigenvalue weighted by Crippen LogP contribution is -2.36. The molecule has 3 aliphatic rings. The zero-order valence-corrected chi connectivity index (χ0v) is 18.1. The highest BCUT2D eigenvalue weighted by molar-refractivity contribution is 5.90. The van der Waals surface area contributed by atoms with E-state index in [0.29, 0.717) is 19.4 Å². The van der Waals surface area contributed by atoms with Gasteiger partial charge in [-0.05, 0) is 52.4 Å². The van der Waals surface area contributed by atoms with Crippen LogP contribution in [-0.4, -0.2) is 47.7 Å². The molecular weight excluding hydrogens is 384 g/mol. The lowest BCUT2D eigenvalue weighted by Gasteiger charge is -2.27. The second kappa shape index (κ2) is 9.58. The monoisotopic (exact) mass is 416 g/mol. The third-order valence-electron chi connectivity index (χ3n) is 5.84. The summed E-state index contributed by atoms with van der Waals surface area (Å²) in [6.45, 7) is 6.21. The summed E-state index contributed by atoms with van der Waals surface area (Å²) in [5.41, 5.74) is -0.587. The molecule has 3 rings (SSSR count). The van der Waals surface area contributed by atoms with Gasteiger partial charge in [-0.15, -0.1) is 0 Å². The molecule has 2 aliphatic carbocycles. The largest absolute Gasteiger partial charge is 0.460 e. The van der Waals surface area contributed by atoms with Crippen molar-refractivity contribution in [3.8, 4) is 0 Å². The molecule has 0 spiro atoms. The van der Waals surface area contributed by atoms with Crippen molar-refractivity contribution in [1.29, 1.82) is 0 Å². The van der Waals surface area contributed by atoms with Gasteiger partial charge in [-0.1, -0.05) is 12.2 Å². The van der Waals surface area contributed by atoms with Crippen LogP contribution in [0.25, 0.3) is 0 Å². The van der Waals surface area contributed by atoms with E-state index in [1.165, 1.54) is 0 Å². The molecule has 0 aromatic rings. The molecule has 7 heteroatoms. The van der Waals surface area contributed by atoms with Crippen LogP contribution in [0.5, 0.6) is 0 Å². The average molecular weight is 417 g/mol. The number of allylic oxidation sites excluding steroid dienone is 2. The van der Waals surface area contributed by atoms with Gasteiger partial charge in [0.25, 0.3) is 0 Å². The van der Waals surface area contributed by atoms with Crippen LogP contribution in [0.1, 0.15) is 52.9 Å². The summed E-state index contributed by atoms with van der Waals surface area (Å²) in [6.07, 6.45) is 11.9. The van der Waals surface area contributed by atoms with Crippen LogP contribution in [0.3, 0.4) is 0 Å². The fourth-order valence-electron chi connectivity index (χ4n) is 4.41. The average Bonchev–Trinajstić information content (AvgIpc) is 3.13. The number of hydrogen-bond acceptors (Lipinski definition) is 7. The zero-order valence-electron chi connectivity index (χ0n) is 18.1. The van der Waals surface area contributed by atoms with Gasteiger partial charge in [-0.25, -0.2) is 0 Å². The normalized spacial score (nSPS) is 29.0. The van der Waals surface area contributed by atoms with Gasteiger partial charge in [-0.3, -0.25) is 19.4 Å². The minimum atomic E-state index is -0.587. The zero-order chi connectivity index (χ0) is 21.7. The summed E-state index contributed by atoms with van der Waals surface area (Å²) in [5.74, 6) is -1.93. The molecule has 4 atom stereocenters. The first-order valence-corrected chi connectivity index (χ1v) is 10.7.